The van der Waals surface area contributed by atoms with Crippen molar-refractivity contribution in [3.8, 4) is 0 Å². The second-order valence-corrected chi connectivity index (χ2v) is 10.5. The van der Waals surface area contributed by atoms with E-state index >= 15 is 0 Å². The van der Waals surface area contributed by atoms with E-state index in [-0.39, 0.29) is 6.09 Å². The average molecular weight is 479 g/mol. The maximum atomic E-state index is 13.3. The van der Waals surface area contributed by atoms with Crippen LogP contribution in [-0.2, 0) is 11.3 Å². The Kier molecular flexibility index (Phi) is 6.54. The summed E-state index contributed by atoms with van der Waals surface area (Å²) in [6, 6.07) is 11.9. The molecule has 0 radical (unpaired) electrons. The topological polar surface area (TPSA) is 82.1 Å². The highest BCUT2D eigenvalue weighted by atomic mass is 35.5. The molecular formula is C27H31ClN4O2. The summed E-state index contributed by atoms with van der Waals surface area (Å²) in [4.78, 5) is 22.5. The van der Waals surface area contributed by atoms with E-state index in [1.54, 1.807) is 12.4 Å². The Morgan fingerprint density at radius 1 is 1.26 bits per heavy atom. The van der Waals surface area contributed by atoms with Gasteiger partial charge in [-0.05, 0) is 64.2 Å². The van der Waals surface area contributed by atoms with Gasteiger partial charge in [-0.3, -0.25) is 10.3 Å². The molecule has 0 aliphatic heterocycles. The van der Waals surface area contributed by atoms with Crippen LogP contribution in [0.15, 0.2) is 60.4 Å². The van der Waals surface area contributed by atoms with Gasteiger partial charge in [-0.2, -0.15) is 0 Å². The van der Waals surface area contributed by atoms with Gasteiger partial charge in [0.2, 0.25) is 0 Å². The number of amides is 1. The first-order valence-electron chi connectivity index (χ1n) is 11.5. The predicted octanol–water partition coefficient (Wildman–Crippen LogP) is 6.89. The number of fused-ring (bicyclic) bond motifs is 1. The Labute approximate surface area is 205 Å². The second kappa shape index (κ2) is 9.26. The number of H-pyrrole nitrogens is 1. The standard InChI is InChI=1S/C27H31ClN4O2/c1-26(2,3)34-25(33)32(17-18-8-6-5-7-9-18)27(4)13-10-19(11-14-27)23(29)22-20-12-15-30-24(20)31-16-21(22)28/h5-10,12,15-16,29H,11,13-14,17H2,1-4H3,(H,30,31). The molecule has 2 N–H and O–H groups in total. The van der Waals surface area contributed by atoms with Gasteiger partial charge in [-0.15, -0.1) is 0 Å². The summed E-state index contributed by atoms with van der Waals surface area (Å²) >= 11 is 6.46. The van der Waals surface area contributed by atoms with Gasteiger partial charge in [0.05, 0.1) is 10.7 Å². The van der Waals surface area contributed by atoms with Crippen molar-refractivity contribution in [2.75, 3.05) is 0 Å². The van der Waals surface area contributed by atoms with Crippen LogP contribution >= 0.6 is 11.6 Å². The van der Waals surface area contributed by atoms with Crippen molar-refractivity contribution < 1.29 is 9.53 Å². The quantitative estimate of drug-likeness (QED) is 0.391. The number of nitrogens with one attached hydrogen (secondary N) is 2. The van der Waals surface area contributed by atoms with E-state index in [9.17, 15) is 4.79 Å². The number of allylic oxidation sites excluding steroid dienone is 1. The third kappa shape index (κ3) is 5.02. The van der Waals surface area contributed by atoms with Crippen LogP contribution in [0.3, 0.4) is 0 Å². The van der Waals surface area contributed by atoms with Crippen molar-refractivity contribution in [2.24, 2.45) is 0 Å². The van der Waals surface area contributed by atoms with Crippen LogP contribution in [0.1, 0.15) is 58.1 Å². The van der Waals surface area contributed by atoms with Crippen molar-refractivity contribution in [1.82, 2.24) is 14.9 Å². The second-order valence-electron chi connectivity index (χ2n) is 10.1. The first kappa shape index (κ1) is 24.0. The van der Waals surface area contributed by atoms with E-state index in [1.807, 2.05) is 62.1 Å². The molecule has 1 atom stereocenters. The summed E-state index contributed by atoms with van der Waals surface area (Å²) in [7, 11) is 0. The molecule has 2 heterocycles. The van der Waals surface area contributed by atoms with Crippen LogP contribution < -0.4 is 0 Å². The summed E-state index contributed by atoms with van der Waals surface area (Å²) in [5.41, 5.74) is 2.77. The molecule has 1 aliphatic rings. The van der Waals surface area contributed by atoms with Crippen molar-refractivity contribution in [3.63, 3.8) is 0 Å². The van der Waals surface area contributed by atoms with Crippen molar-refractivity contribution >= 4 is 34.4 Å². The minimum absolute atomic E-state index is 0.322. The van der Waals surface area contributed by atoms with Crippen molar-refractivity contribution in [1.29, 1.82) is 5.41 Å². The van der Waals surface area contributed by atoms with Gasteiger partial charge in [0.15, 0.2) is 0 Å². The van der Waals surface area contributed by atoms with Crippen LogP contribution in [0.25, 0.3) is 11.0 Å². The summed E-state index contributed by atoms with van der Waals surface area (Å²) in [6.45, 7) is 8.21. The Bertz CT molecular complexity index is 1240. The molecule has 0 spiro atoms. The Morgan fingerprint density at radius 2 is 2.00 bits per heavy atom. The Balaban J connectivity index is 1.61. The molecule has 6 nitrogen and oxygen atoms in total. The average Bonchev–Trinajstić information content (AvgIpc) is 3.25. The highest BCUT2D eigenvalue weighted by Gasteiger charge is 2.39. The lowest BCUT2D eigenvalue weighted by molar-refractivity contribution is -0.00540. The number of benzene rings is 1. The fourth-order valence-electron chi connectivity index (χ4n) is 4.38. The third-order valence-electron chi connectivity index (χ3n) is 6.28. The number of carbonyl (C=O) groups excluding carboxylic acids is 1. The molecule has 2 aromatic heterocycles. The van der Waals surface area contributed by atoms with E-state index < -0.39 is 11.1 Å². The van der Waals surface area contributed by atoms with Crippen molar-refractivity contribution in [2.45, 2.75) is 64.6 Å². The van der Waals surface area contributed by atoms with Crippen LogP contribution in [-0.4, -0.2) is 37.8 Å². The van der Waals surface area contributed by atoms with Gasteiger partial charge in [0.1, 0.15) is 11.2 Å². The third-order valence-corrected chi connectivity index (χ3v) is 6.57. The maximum Gasteiger partial charge on any atom is 0.411 e. The smallest absolute Gasteiger partial charge is 0.411 e. The SMILES string of the molecule is CC(C)(C)OC(=O)N(Cc1ccccc1)C1(C)CC=C(C(=N)c2c(Cl)cnc3[nH]ccc23)CC1. The fraction of sp³-hybridized carbons (Fsp3) is 0.370. The number of aromatic amines is 1. The molecule has 1 aromatic carbocycles. The first-order valence-corrected chi connectivity index (χ1v) is 11.9. The van der Waals surface area contributed by atoms with Gasteiger partial charge in [-0.25, -0.2) is 9.78 Å². The predicted molar refractivity (Wildman–Crippen MR) is 136 cm³/mol. The molecule has 0 bridgehead atoms. The lowest BCUT2D eigenvalue weighted by Gasteiger charge is -2.43. The Hall–Kier alpha value is -3.12. The monoisotopic (exact) mass is 478 g/mol. The molecule has 0 fully saturated rings. The van der Waals surface area contributed by atoms with E-state index in [4.69, 9.17) is 21.7 Å². The number of hydrogen-bond acceptors (Lipinski definition) is 4. The van der Waals surface area contributed by atoms with Gasteiger partial charge < -0.3 is 9.72 Å². The summed E-state index contributed by atoms with van der Waals surface area (Å²) < 4.78 is 5.79. The fourth-order valence-corrected chi connectivity index (χ4v) is 4.63. The number of ether oxygens (including phenoxy) is 1. The molecule has 0 saturated carbocycles. The zero-order chi connectivity index (χ0) is 24.5. The van der Waals surface area contributed by atoms with Crippen LogP contribution in [0.2, 0.25) is 5.02 Å². The van der Waals surface area contributed by atoms with Gasteiger partial charge >= 0.3 is 6.09 Å². The number of hydrogen-bond donors (Lipinski definition) is 2. The van der Waals surface area contributed by atoms with Gasteiger partial charge in [-0.1, -0.05) is 48.0 Å². The van der Waals surface area contributed by atoms with E-state index in [1.165, 1.54) is 0 Å². The van der Waals surface area contributed by atoms with E-state index in [2.05, 4.69) is 23.0 Å². The van der Waals surface area contributed by atoms with Gasteiger partial charge in [0.25, 0.3) is 0 Å². The summed E-state index contributed by atoms with van der Waals surface area (Å²) in [5, 5.41) is 10.2. The number of rotatable bonds is 5. The first-order chi connectivity index (χ1) is 16.1. The minimum atomic E-state index is -0.583. The molecule has 7 heteroatoms. The zero-order valence-electron chi connectivity index (χ0n) is 20.1. The zero-order valence-corrected chi connectivity index (χ0v) is 20.9. The molecule has 1 unspecified atom stereocenters. The number of aromatic nitrogens is 2. The highest BCUT2D eigenvalue weighted by Crippen LogP contribution is 2.37. The number of pyridine rings is 1. The number of halogens is 1. The largest absolute Gasteiger partial charge is 0.444 e. The lowest BCUT2D eigenvalue weighted by atomic mass is 9.80. The van der Waals surface area contributed by atoms with Crippen LogP contribution in [0.4, 0.5) is 4.79 Å². The molecule has 178 valence electrons. The molecule has 1 aliphatic carbocycles. The summed E-state index contributed by atoms with van der Waals surface area (Å²) in [5.74, 6) is 0. The molecular weight excluding hydrogens is 448 g/mol. The van der Waals surface area contributed by atoms with Crippen LogP contribution in [0.5, 0.6) is 0 Å². The van der Waals surface area contributed by atoms with Crippen LogP contribution in [0, 0.1) is 5.41 Å². The normalized spacial score (nSPS) is 18.4. The molecule has 3 aromatic rings. The highest BCUT2D eigenvalue weighted by molar-refractivity contribution is 6.37. The number of carbonyl (C=O) groups is 1. The van der Waals surface area contributed by atoms with Gasteiger partial charge in [0, 0.05) is 35.4 Å². The molecule has 4 rings (SSSR count). The minimum Gasteiger partial charge on any atom is -0.444 e. The lowest BCUT2D eigenvalue weighted by Crippen LogP contribution is -2.51. The maximum absolute atomic E-state index is 13.3. The van der Waals surface area contributed by atoms with E-state index in [0.717, 1.165) is 16.5 Å². The van der Waals surface area contributed by atoms with E-state index in [0.29, 0.717) is 47.8 Å². The Morgan fingerprint density at radius 3 is 2.65 bits per heavy atom. The molecule has 1 amide bonds. The molecule has 34 heavy (non-hydrogen) atoms. The summed E-state index contributed by atoms with van der Waals surface area (Å²) in [6.07, 6.45) is 7.14. The van der Waals surface area contributed by atoms with Crippen molar-refractivity contribution in [3.05, 3.63) is 76.6 Å². The molecule has 0 saturated heterocycles. The number of nitrogens with zero attached hydrogens (tertiary/aromatic N) is 2.